The number of carbonyl (C=O) groups excluding carboxylic acids is 2. The number of nitrogens with one attached hydrogen (secondary N) is 1. The lowest BCUT2D eigenvalue weighted by Crippen LogP contribution is -2.44. The summed E-state index contributed by atoms with van der Waals surface area (Å²) in [5.74, 6) is -0.385. The van der Waals surface area contributed by atoms with Crippen molar-refractivity contribution in [3.63, 3.8) is 0 Å². The summed E-state index contributed by atoms with van der Waals surface area (Å²) in [5, 5.41) is 3.16. The SMILES string of the molecule is COc1cc(Cl)c(C)cc1N(CC(=O)NC1CCS(=O)(=O)C1)C(C)=O. The van der Waals surface area contributed by atoms with Gasteiger partial charge in [0.15, 0.2) is 9.84 Å². The van der Waals surface area contributed by atoms with Crippen LogP contribution in [0, 0.1) is 6.92 Å². The van der Waals surface area contributed by atoms with E-state index < -0.39 is 21.8 Å². The molecule has 1 aromatic rings. The molecule has 2 rings (SSSR count). The Morgan fingerprint density at radius 3 is 2.60 bits per heavy atom. The van der Waals surface area contributed by atoms with Crippen molar-refractivity contribution in [3.8, 4) is 5.75 Å². The van der Waals surface area contributed by atoms with Gasteiger partial charge in [0.2, 0.25) is 11.8 Å². The third kappa shape index (κ3) is 4.85. The predicted molar refractivity (Wildman–Crippen MR) is 96.0 cm³/mol. The lowest BCUT2D eigenvalue weighted by Gasteiger charge is -2.24. The molecule has 9 heteroatoms. The number of aryl methyl sites for hydroxylation is 1. The van der Waals surface area contributed by atoms with E-state index in [0.717, 1.165) is 5.56 Å². The van der Waals surface area contributed by atoms with E-state index in [1.807, 2.05) is 0 Å². The summed E-state index contributed by atoms with van der Waals surface area (Å²) < 4.78 is 28.2. The van der Waals surface area contributed by atoms with E-state index in [0.29, 0.717) is 22.9 Å². The second kappa shape index (κ2) is 7.61. The van der Waals surface area contributed by atoms with Crippen LogP contribution in [0.4, 0.5) is 5.69 Å². The van der Waals surface area contributed by atoms with Gasteiger partial charge >= 0.3 is 0 Å². The van der Waals surface area contributed by atoms with Crippen LogP contribution >= 0.6 is 11.6 Å². The number of rotatable bonds is 5. The number of carbonyl (C=O) groups is 2. The van der Waals surface area contributed by atoms with Crippen LogP contribution in [0.25, 0.3) is 0 Å². The van der Waals surface area contributed by atoms with Gasteiger partial charge in [0.05, 0.1) is 24.3 Å². The van der Waals surface area contributed by atoms with Crippen molar-refractivity contribution >= 4 is 38.9 Å². The Morgan fingerprint density at radius 2 is 2.08 bits per heavy atom. The largest absolute Gasteiger partial charge is 0.495 e. The van der Waals surface area contributed by atoms with E-state index in [2.05, 4.69) is 5.32 Å². The van der Waals surface area contributed by atoms with Crippen LogP contribution in [-0.4, -0.2) is 51.4 Å². The summed E-state index contributed by atoms with van der Waals surface area (Å²) in [5.41, 5.74) is 1.18. The molecule has 0 bridgehead atoms. The summed E-state index contributed by atoms with van der Waals surface area (Å²) in [6.07, 6.45) is 0.386. The summed E-state index contributed by atoms with van der Waals surface area (Å²) in [4.78, 5) is 25.6. The molecule has 0 radical (unpaired) electrons. The van der Waals surface area contributed by atoms with Gasteiger partial charge in [-0.25, -0.2) is 8.42 Å². The van der Waals surface area contributed by atoms with Crippen molar-refractivity contribution in [3.05, 3.63) is 22.7 Å². The molecular weight excluding hydrogens is 368 g/mol. The second-order valence-electron chi connectivity index (χ2n) is 6.05. The fraction of sp³-hybridized carbons (Fsp3) is 0.500. The molecule has 1 aromatic carbocycles. The molecule has 1 saturated heterocycles. The van der Waals surface area contributed by atoms with Gasteiger partial charge in [0, 0.05) is 24.1 Å². The number of halogens is 1. The number of anilines is 1. The normalized spacial score (nSPS) is 18.6. The first-order chi connectivity index (χ1) is 11.6. The first kappa shape index (κ1) is 19.5. The van der Waals surface area contributed by atoms with Crippen LogP contribution in [0.2, 0.25) is 5.02 Å². The Labute approximate surface area is 152 Å². The number of benzene rings is 1. The smallest absolute Gasteiger partial charge is 0.240 e. The van der Waals surface area contributed by atoms with E-state index in [-0.39, 0.29) is 24.0 Å². The molecule has 1 aliphatic rings. The maximum atomic E-state index is 12.3. The zero-order valence-electron chi connectivity index (χ0n) is 14.3. The fourth-order valence-electron chi connectivity index (χ4n) is 2.71. The molecule has 0 saturated carbocycles. The van der Waals surface area contributed by atoms with E-state index in [1.165, 1.54) is 18.9 Å². The Kier molecular flexibility index (Phi) is 5.95. The molecule has 0 spiro atoms. The topological polar surface area (TPSA) is 92.8 Å². The lowest BCUT2D eigenvalue weighted by atomic mass is 10.1. The van der Waals surface area contributed by atoms with Gasteiger partial charge < -0.3 is 10.1 Å². The van der Waals surface area contributed by atoms with Gasteiger partial charge in [-0.3, -0.25) is 14.5 Å². The third-order valence-electron chi connectivity index (χ3n) is 4.03. The molecule has 1 atom stereocenters. The number of nitrogens with zero attached hydrogens (tertiary/aromatic N) is 1. The molecule has 1 aliphatic heterocycles. The van der Waals surface area contributed by atoms with Crippen LogP contribution in [0.5, 0.6) is 5.75 Å². The second-order valence-corrected chi connectivity index (χ2v) is 8.68. The maximum Gasteiger partial charge on any atom is 0.240 e. The Balaban J connectivity index is 2.18. The predicted octanol–water partition coefficient (Wildman–Crippen LogP) is 1.31. The average molecular weight is 389 g/mol. The molecule has 1 unspecified atom stereocenters. The Bertz CT molecular complexity index is 794. The van der Waals surface area contributed by atoms with E-state index in [4.69, 9.17) is 16.3 Å². The number of sulfone groups is 1. The van der Waals surface area contributed by atoms with Crippen molar-refractivity contribution in [1.29, 1.82) is 0 Å². The highest BCUT2D eigenvalue weighted by atomic mass is 35.5. The minimum atomic E-state index is -3.09. The molecule has 2 amide bonds. The lowest BCUT2D eigenvalue weighted by molar-refractivity contribution is -0.123. The highest BCUT2D eigenvalue weighted by Crippen LogP contribution is 2.33. The molecular formula is C16H21ClN2O5S. The number of methoxy groups -OCH3 is 1. The quantitative estimate of drug-likeness (QED) is 0.821. The van der Waals surface area contributed by atoms with Gasteiger partial charge in [-0.05, 0) is 25.0 Å². The van der Waals surface area contributed by atoms with Crippen molar-refractivity contribution < 1.29 is 22.7 Å². The summed E-state index contributed by atoms with van der Waals surface area (Å²) in [6.45, 7) is 2.90. The summed E-state index contributed by atoms with van der Waals surface area (Å²) in [6, 6.07) is 2.85. The molecule has 1 fully saturated rings. The van der Waals surface area contributed by atoms with Crippen molar-refractivity contribution in [2.75, 3.05) is 30.1 Å². The number of ether oxygens (including phenoxy) is 1. The van der Waals surface area contributed by atoms with Crippen molar-refractivity contribution in [1.82, 2.24) is 5.32 Å². The van der Waals surface area contributed by atoms with Crippen LogP contribution in [0.3, 0.4) is 0 Å². The van der Waals surface area contributed by atoms with E-state index in [9.17, 15) is 18.0 Å². The Hall–Kier alpha value is -1.80. The molecule has 0 aromatic heterocycles. The summed E-state index contributed by atoms with van der Waals surface area (Å²) in [7, 11) is -1.64. The number of hydrogen-bond donors (Lipinski definition) is 1. The monoisotopic (exact) mass is 388 g/mol. The van der Waals surface area contributed by atoms with Crippen molar-refractivity contribution in [2.45, 2.75) is 26.3 Å². The molecule has 25 heavy (non-hydrogen) atoms. The van der Waals surface area contributed by atoms with Gasteiger partial charge in [-0.15, -0.1) is 0 Å². The molecule has 138 valence electrons. The van der Waals surface area contributed by atoms with Crippen molar-refractivity contribution in [2.24, 2.45) is 0 Å². The fourth-order valence-corrected chi connectivity index (χ4v) is 4.54. The molecule has 1 heterocycles. The van der Waals surface area contributed by atoms with Crippen LogP contribution in [0.15, 0.2) is 12.1 Å². The average Bonchev–Trinajstić information content (AvgIpc) is 2.85. The van der Waals surface area contributed by atoms with Gasteiger partial charge in [-0.1, -0.05) is 11.6 Å². The number of amides is 2. The van der Waals surface area contributed by atoms with Gasteiger partial charge in [0.25, 0.3) is 0 Å². The minimum Gasteiger partial charge on any atom is -0.495 e. The van der Waals surface area contributed by atoms with Gasteiger partial charge in [-0.2, -0.15) is 0 Å². The van der Waals surface area contributed by atoms with Crippen LogP contribution in [-0.2, 0) is 19.4 Å². The van der Waals surface area contributed by atoms with Gasteiger partial charge in [0.1, 0.15) is 12.3 Å². The van der Waals surface area contributed by atoms with Crippen LogP contribution < -0.4 is 15.0 Å². The van der Waals surface area contributed by atoms with E-state index >= 15 is 0 Å². The molecule has 1 N–H and O–H groups in total. The maximum absolute atomic E-state index is 12.3. The Morgan fingerprint density at radius 1 is 1.40 bits per heavy atom. The zero-order chi connectivity index (χ0) is 18.8. The minimum absolute atomic E-state index is 0.0673. The highest BCUT2D eigenvalue weighted by molar-refractivity contribution is 7.91. The van der Waals surface area contributed by atoms with Crippen LogP contribution in [0.1, 0.15) is 18.9 Å². The number of hydrogen-bond acceptors (Lipinski definition) is 5. The first-order valence-corrected chi connectivity index (χ1v) is 9.95. The van der Waals surface area contributed by atoms with E-state index in [1.54, 1.807) is 19.1 Å². The zero-order valence-corrected chi connectivity index (χ0v) is 15.9. The standard InChI is InChI=1S/C16H21ClN2O5S/c1-10-6-14(15(24-3)7-13(10)17)19(11(2)20)8-16(21)18-12-4-5-25(22,23)9-12/h6-7,12H,4-5,8-9H2,1-3H3,(H,18,21). The third-order valence-corrected chi connectivity index (χ3v) is 6.21. The molecule has 7 nitrogen and oxygen atoms in total. The molecule has 0 aliphatic carbocycles. The highest BCUT2D eigenvalue weighted by Gasteiger charge is 2.30. The summed E-state index contributed by atoms with van der Waals surface area (Å²) >= 11 is 6.08. The first-order valence-electron chi connectivity index (χ1n) is 7.75.